The summed E-state index contributed by atoms with van der Waals surface area (Å²) >= 11 is 0. The smallest absolute Gasteiger partial charge is 0.199 e. The SMILES string of the molecule is C.C.C.C=C(C)[C@]1(O)CC[C@H]2[C@@H]3CC[C@@]4(O)CC5(CCC4=C3[C@@H](c3ccc(OC4CCCCO4)cc3)C[C@@]21C)OCCO5.S.S.S. The summed E-state index contributed by atoms with van der Waals surface area (Å²) in [5.74, 6) is 1.03. The van der Waals surface area contributed by atoms with Gasteiger partial charge in [-0.15, -0.1) is 0 Å². The van der Waals surface area contributed by atoms with Crippen molar-refractivity contribution in [1.29, 1.82) is 0 Å². The molecule has 46 heavy (non-hydrogen) atoms. The molecule has 0 amide bonds. The van der Waals surface area contributed by atoms with Crippen LogP contribution in [0.3, 0.4) is 0 Å². The minimum absolute atomic E-state index is 0. The van der Waals surface area contributed by atoms with Gasteiger partial charge in [0.1, 0.15) is 5.75 Å². The Balaban J connectivity index is 0.00000176. The summed E-state index contributed by atoms with van der Waals surface area (Å²) < 4.78 is 24.1. The zero-order chi connectivity index (χ0) is 27.8. The molecule has 6 nitrogen and oxygen atoms in total. The fraction of sp³-hybridized carbons (Fsp3) is 0.730. The third kappa shape index (κ3) is 6.87. The second kappa shape index (κ2) is 15.9. The molecule has 2 heterocycles. The third-order valence-electron chi connectivity index (χ3n) is 11.8. The minimum Gasteiger partial charge on any atom is -0.465 e. The number of fused-ring (bicyclic) bond motifs is 4. The number of benzene rings is 1. The topological polar surface area (TPSA) is 77.4 Å². The molecule has 2 saturated heterocycles. The summed E-state index contributed by atoms with van der Waals surface area (Å²) in [6, 6.07) is 8.56. The molecule has 6 aliphatic rings. The summed E-state index contributed by atoms with van der Waals surface area (Å²) in [7, 11) is 0. The largest absolute Gasteiger partial charge is 0.465 e. The van der Waals surface area contributed by atoms with Crippen molar-refractivity contribution in [1.82, 2.24) is 0 Å². The fourth-order valence-corrected chi connectivity index (χ4v) is 9.75. The average Bonchev–Trinajstić information content (AvgIpc) is 3.50. The molecule has 1 aromatic carbocycles. The van der Waals surface area contributed by atoms with Crippen LogP contribution in [-0.2, 0) is 14.2 Å². The highest BCUT2D eigenvalue weighted by molar-refractivity contribution is 7.59. The lowest BCUT2D eigenvalue weighted by Crippen LogP contribution is -2.55. The van der Waals surface area contributed by atoms with E-state index >= 15 is 0 Å². The highest BCUT2D eigenvalue weighted by Gasteiger charge is 2.65. The van der Waals surface area contributed by atoms with E-state index in [1.165, 1.54) is 16.7 Å². The average molecular weight is 701 g/mol. The van der Waals surface area contributed by atoms with Gasteiger partial charge >= 0.3 is 0 Å². The number of aliphatic hydroxyl groups is 2. The fourth-order valence-electron chi connectivity index (χ4n) is 9.75. The Hall–Kier alpha value is -0.650. The van der Waals surface area contributed by atoms with Crippen molar-refractivity contribution >= 4 is 40.5 Å². The van der Waals surface area contributed by atoms with E-state index in [2.05, 4.69) is 37.8 Å². The minimum atomic E-state index is -0.898. The highest BCUT2D eigenvalue weighted by Crippen LogP contribution is 2.69. The molecule has 1 unspecified atom stereocenters. The number of allylic oxidation sites excluding steroid dienone is 1. The standard InChI is InChI=1S/C34H46O6.3CH4.3H2S/c1-22(2)34(36)16-13-27-25-11-14-32(35)21-33(38-18-19-39-33)15-12-28(32)30(25)26(20-31(27,34)3)23-7-9-24(10-8-23)40-29-6-4-5-17-37-29;;;;;;/h7-10,25-27,29,35-36H,1,4-6,11-21H2,2-3H3;3*1H4;3*1H2/t25-,26+,27-,29?,31-,32+,34+;;;;;;/m0....../s1. The number of hydrogen-bond acceptors (Lipinski definition) is 6. The summed E-state index contributed by atoms with van der Waals surface area (Å²) in [4.78, 5) is 0. The van der Waals surface area contributed by atoms with Crippen molar-refractivity contribution in [3.63, 3.8) is 0 Å². The van der Waals surface area contributed by atoms with Crippen LogP contribution in [0.2, 0.25) is 0 Å². The van der Waals surface area contributed by atoms with Crippen LogP contribution in [-0.4, -0.2) is 53.3 Å². The van der Waals surface area contributed by atoms with Gasteiger partial charge in [-0.1, -0.05) is 53.5 Å². The zero-order valence-corrected chi connectivity index (χ0v) is 28.8. The molecule has 2 N–H and O–H groups in total. The third-order valence-corrected chi connectivity index (χ3v) is 11.8. The molecule has 7 atom stereocenters. The van der Waals surface area contributed by atoms with Gasteiger partial charge in [-0.2, -0.15) is 40.5 Å². The Morgan fingerprint density at radius 3 is 2.17 bits per heavy atom. The summed E-state index contributed by atoms with van der Waals surface area (Å²) in [5, 5.41) is 24.3. The van der Waals surface area contributed by atoms with E-state index < -0.39 is 17.0 Å². The van der Waals surface area contributed by atoms with Gasteiger partial charge in [-0.25, -0.2) is 0 Å². The molecule has 3 saturated carbocycles. The molecule has 266 valence electrons. The van der Waals surface area contributed by atoms with Crippen LogP contribution in [0.15, 0.2) is 47.6 Å². The molecular formula is C37H64O6S3. The van der Waals surface area contributed by atoms with Crippen LogP contribution in [0.5, 0.6) is 5.75 Å². The predicted molar refractivity (Wildman–Crippen MR) is 203 cm³/mol. The van der Waals surface area contributed by atoms with Crippen LogP contribution in [0.25, 0.3) is 0 Å². The van der Waals surface area contributed by atoms with E-state index in [0.29, 0.717) is 31.5 Å². The summed E-state index contributed by atoms with van der Waals surface area (Å²) in [6.07, 6.45) is 9.35. The molecule has 2 aliphatic heterocycles. The Bertz CT molecular complexity index is 1190. The Morgan fingerprint density at radius 1 is 0.891 bits per heavy atom. The van der Waals surface area contributed by atoms with E-state index in [0.717, 1.165) is 82.1 Å². The molecular weight excluding hydrogens is 637 g/mol. The molecule has 7 rings (SSSR count). The molecule has 5 fully saturated rings. The van der Waals surface area contributed by atoms with Crippen molar-refractivity contribution in [3.8, 4) is 5.75 Å². The lowest BCUT2D eigenvalue weighted by molar-refractivity contribution is -0.208. The normalized spacial score (nSPS) is 36.8. The molecule has 0 bridgehead atoms. The van der Waals surface area contributed by atoms with Crippen LogP contribution in [0.4, 0.5) is 0 Å². The highest BCUT2D eigenvalue weighted by atomic mass is 32.1. The van der Waals surface area contributed by atoms with Gasteiger partial charge in [-0.05, 0) is 99.0 Å². The van der Waals surface area contributed by atoms with Gasteiger partial charge in [0.2, 0.25) is 0 Å². The van der Waals surface area contributed by atoms with Crippen molar-refractivity contribution in [2.24, 2.45) is 17.3 Å². The van der Waals surface area contributed by atoms with Crippen LogP contribution in [0.1, 0.15) is 118 Å². The van der Waals surface area contributed by atoms with Crippen molar-refractivity contribution in [2.45, 2.75) is 136 Å². The molecule has 0 radical (unpaired) electrons. The van der Waals surface area contributed by atoms with E-state index in [4.69, 9.17) is 18.9 Å². The van der Waals surface area contributed by atoms with E-state index in [1.807, 2.05) is 6.92 Å². The Morgan fingerprint density at radius 2 is 1.57 bits per heavy atom. The first-order valence-corrected chi connectivity index (χ1v) is 15.7. The van der Waals surface area contributed by atoms with Gasteiger partial charge in [0.05, 0.1) is 31.0 Å². The Labute approximate surface area is 300 Å². The summed E-state index contributed by atoms with van der Waals surface area (Å²) in [6.45, 7) is 10.5. The van der Waals surface area contributed by atoms with Crippen molar-refractivity contribution in [3.05, 3.63) is 53.1 Å². The lowest BCUT2D eigenvalue weighted by atomic mass is 9.49. The van der Waals surface area contributed by atoms with Crippen LogP contribution in [0, 0.1) is 17.3 Å². The zero-order valence-electron chi connectivity index (χ0n) is 25.8. The van der Waals surface area contributed by atoms with Gasteiger partial charge < -0.3 is 29.2 Å². The van der Waals surface area contributed by atoms with E-state index in [9.17, 15) is 10.2 Å². The van der Waals surface area contributed by atoms with Gasteiger partial charge in [0.15, 0.2) is 12.1 Å². The van der Waals surface area contributed by atoms with Crippen molar-refractivity contribution < 1.29 is 29.2 Å². The maximum absolute atomic E-state index is 12.2. The second-order valence-electron chi connectivity index (χ2n) is 13.8. The molecule has 1 aromatic rings. The van der Waals surface area contributed by atoms with E-state index in [1.54, 1.807) is 0 Å². The van der Waals surface area contributed by atoms with Crippen molar-refractivity contribution in [2.75, 3.05) is 19.8 Å². The van der Waals surface area contributed by atoms with E-state index in [-0.39, 0.29) is 80.4 Å². The second-order valence-corrected chi connectivity index (χ2v) is 13.8. The molecule has 1 spiro atoms. The maximum atomic E-state index is 12.2. The first-order chi connectivity index (χ1) is 19.2. The van der Waals surface area contributed by atoms with Gasteiger partial charge in [0.25, 0.3) is 0 Å². The number of hydrogen-bond donors (Lipinski definition) is 2. The Kier molecular flexibility index (Phi) is 15.0. The summed E-state index contributed by atoms with van der Waals surface area (Å²) in [5.41, 5.74) is 2.73. The predicted octanol–water partition coefficient (Wildman–Crippen LogP) is 8.41. The lowest BCUT2D eigenvalue weighted by Gasteiger charge is -2.58. The monoisotopic (exact) mass is 700 g/mol. The first kappa shape index (κ1) is 43.4. The van der Waals surface area contributed by atoms with Crippen LogP contribution < -0.4 is 4.74 Å². The number of rotatable bonds is 4. The number of ether oxygens (including phenoxy) is 4. The van der Waals surface area contributed by atoms with Gasteiger partial charge in [0, 0.05) is 30.6 Å². The van der Waals surface area contributed by atoms with Crippen LogP contribution >= 0.6 is 40.5 Å². The molecule has 0 aromatic heterocycles. The maximum Gasteiger partial charge on any atom is 0.199 e. The molecule has 4 aliphatic carbocycles. The van der Waals surface area contributed by atoms with Gasteiger partial charge in [-0.3, -0.25) is 0 Å². The first-order valence-electron chi connectivity index (χ1n) is 15.7. The quantitative estimate of drug-likeness (QED) is 0.307. The molecule has 9 heteroatoms.